The molecular weight excluding hydrogens is 510 g/mol. The van der Waals surface area contributed by atoms with Crippen molar-refractivity contribution in [3.8, 4) is 5.75 Å². The van der Waals surface area contributed by atoms with Crippen molar-refractivity contribution in [1.82, 2.24) is 14.9 Å². The molecule has 0 bridgehead atoms. The van der Waals surface area contributed by atoms with E-state index in [1.54, 1.807) is 65.4 Å². The van der Waals surface area contributed by atoms with Gasteiger partial charge in [-0.25, -0.2) is 14.8 Å². The second kappa shape index (κ2) is 12.0. The number of anilines is 2. The number of piperidine rings is 1. The highest BCUT2D eigenvalue weighted by molar-refractivity contribution is 8.00. The Morgan fingerprint density at radius 1 is 1.22 bits per heavy atom. The molecule has 1 aliphatic rings. The lowest BCUT2D eigenvalue weighted by molar-refractivity contribution is -0.115. The molecule has 2 amide bonds. The monoisotopic (exact) mass is 543 g/mol. The lowest BCUT2D eigenvalue weighted by Gasteiger charge is -2.32. The molecule has 0 spiro atoms. The number of carbonyl (C=O) groups is 2. The zero-order valence-electron chi connectivity index (χ0n) is 21.6. The Morgan fingerprint density at radius 3 is 2.70 bits per heavy atom. The molecule has 0 unspecified atom stereocenters. The molecule has 1 aliphatic heterocycles. The van der Waals surface area contributed by atoms with Gasteiger partial charge in [-0.2, -0.15) is 0 Å². The van der Waals surface area contributed by atoms with E-state index >= 15 is 0 Å². The molecule has 3 aromatic rings. The van der Waals surface area contributed by atoms with Crippen LogP contribution in [0.1, 0.15) is 58.6 Å². The van der Waals surface area contributed by atoms with Crippen LogP contribution in [0.3, 0.4) is 0 Å². The van der Waals surface area contributed by atoms with Gasteiger partial charge in [-0.15, -0.1) is 11.8 Å². The van der Waals surface area contributed by atoms with Crippen LogP contribution >= 0.6 is 23.1 Å². The number of nitrogens with zero attached hydrogens (tertiary/aromatic N) is 3. The smallest absolute Gasteiger partial charge is 0.415 e. The van der Waals surface area contributed by atoms with Gasteiger partial charge in [0.15, 0.2) is 5.13 Å². The largest absolute Gasteiger partial charge is 0.444 e. The zero-order valence-corrected chi connectivity index (χ0v) is 23.2. The SMILES string of the molecule is CCC(=O)Nc1ccc(OC(=O)N2CCC[C@@H](Nc3ncc(SCc4ncc(C(C)(C)C)o4)s3)C2)cc1. The predicted octanol–water partition coefficient (Wildman–Crippen LogP) is 6.14. The van der Waals surface area contributed by atoms with Gasteiger partial charge < -0.3 is 24.7 Å². The van der Waals surface area contributed by atoms with Crippen molar-refractivity contribution >= 4 is 45.9 Å². The summed E-state index contributed by atoms with van der Waals surface area (Å²) in [5, 5.41) is 7.07. The molecule has 1 aromatic carbocycles. The number of thioether (sulfide) groups is 1. The number of benzene rings is 1. The molecule has 1 atom stereocenters. The van der Waals surface area contributed by atoms with Crippen LogP contribution in [0.2, 0.25) is 0 Å². The predicted molar refractivity (Wildman–Crippen MR) is 146 cm³/mol. The van der Waals surface area contributed by atoms with Gasteiger partial charge in [0.25, 0.3) is 0 Å². The molecule has 0 saturated carbocycles. The summed E-state index contributed by atoms with van der Waals surface area (Å²) in [6, 6.07) is 6.90. The number of aromatic nitrogens is 2. The maximum absolute atomic E-state index is 12.7. The van der Waals surface area contributed by atoms with Crippen molar-refractivity contribution in [2.24, 2.45) is 0 Å². The van der Waals surface area contributed by atoms with E-state index in [0.717, 1.165) is 27.9 Å². The summed E-state index contributed by atoms with van der Waals surface area (Å²) in [5.41, 5.74) is 0.612. The van der Waals surface area contributed by atoms with E-state index < -0.39 is 0 Å². The van der Waals surface area contributed by atoms with Gasteiger partial charge in [-0.1, -0.05) is 39.0 Å². The van der Waals surface area contributed by atoms with Crippen LogP contribution in [0.15, 0.2) is 45.3 Å². The van der Waals surface area contributed by atoms with E-state index in [9.17, 15) is 9.59 Å². The quantitative estimate of drug-likeness (QED) is 0.326. The second-order valence-corrected chi connectivity index (χ2v) is 12.2. The number of rotatable bonds is 8. The van der Waals surface area contributed by atoms with Crippen LogP contribution in [-0.2, 0) is 16.0 Å². The third-order valence-electron chi connectivity index (χ3n) is 5.79. The minimum atomic E-state index is -0.382. The van der Waals surface area contributed by atoms with E-state index in [-0.39, 0.29) is 23.5 Å². The Bertz CT molecular complexity index is 1200. The van der Waals surface area contributed by atoms with Crippen LogP contribution in [-0.4, -0.2) is 46.0 Å². The molecule has 4 rings (SSSR count). The van der Waals surface area contributed by atoms with Crippen molar-refractivity contribution < 1.29 is 18.7 Å². The number of oxazole rings is 1. The molecule has 2 N–H and O–H groups in total. The molecule has 11 heteroatoms. The van der Waals surface area contributed by atoms with E-state index in [1.165, 1.54) is 0 Å². The lowest BCUT2D eigenvalue weighted by atomic mass is 9.94. The fraction of sp³-hybridized carbons (Fsp3) is 0.462. The van der Waals surface area contributed by atoms with Crippen molar-refractivity contribution in [2.45, 2.75) is 68.4 Å². The number of amides is 2. The van der Waals surface area contributed by atoms with Crippen molar-refractivity contribution in [2.75, 3.05) is 23.7 Å². The van der Waals surface area contributed by atoms with E-state index in [2.05, 4.69) is 41.4 Å². The summed E-state index contributed by atoms with van der Waals surface area (Å²) in [5.74, 6) is 2.61. The zero-order chi connectivity index (χ0) is 26.4. The summed E-state index contributed by atoms with van der Waals surface area (Å²) in [7, 11) is 0. The van der Waals surface area contributed by atoms with E-state index in [1.807, 2.05) is 6.20 Å². The van der Waals surface area contributed by atoms with Crippen LogP contribution in [0.4, 0.5) is 15.6 Å². The molecule has 37 heavy (non-hydrogen) atoms. The average Bonchev–Trinajstić information content (AvgIpc) is 3.53. The normalized spacial score (nSPS) is 15.9. The molecular formula is C26H33N5O4S2. The maximum Gasteiger partial charge on any atom is 0.415 e. The fourth-order valence-electron chi connectivity index (χ4n) is 3.71. The number of hydrogen-bond donors (Lipinski definition) is 2. The Kier molecular flexibility index (Phi) is 8.75. The number of ether oxygens (including phenoxy) is 1. The average molecular weight is 544 g/mol. The van der Waals surface area contributed by atoms with Crippen LogP contribution < -0.4 is 15.4 Å². The summed E-state index contributed by atoms with van der Waals surface area (Å²) < 4.78 is 12.5. The maximum atomic E-state index is 12.7. The Balaban J connectivity index is 1.25. The highest BCUT2D eigenvalue weighted by Gasteiger charge is 2.26. The highest BCUT2D eigenvalue weighted by atomic mass is 32.2. The van der Waals surface area contributed by atoms with Gasteiger partial charge in [0.1, 0.15) is 11.5 Å². The molecule has 2 aromatic heterocycles. The van der Waals surface area contributed by atoms with E-state index in [0.29, 0.717) is 42.6 Å². The summed E-state index contributed by atoms with van der Waals surface area (Å²) >= 11 is 3.23. The summed E-state index contributed by atoms with van der Waals surface area (Å²) in [6.07, 6.45) is 5.51. The van der Waals surface area contributed by atoms with Gasteiger partial charge in [-0.3, -0.25) is 4.79 Å². The minimum Gasteiger partial charge on any atom is -0.444 e. The first-order valence-corrected chi connectivity index (χ1v) is 14.2. The second-order valence-electron chi connectivity index (χ2n) is 9.86. The summed E-state index contributed by atoms with van der Waals surface area (Å²) in [4.78, 5) is 34.9. The standard InChI is InChI=1S/C26H33N5O4S2/c1-5-21(32)29-17-8-10-19(11-9-17)34-25(33)31-12-6-7-18(15-31)30-24-28-14-23(37-24)36-16-22-27-13-20(35-22)26(2,3)4/h8-11,13-14,18H,5-7,12,15-16H2,1-4H3,(H,28,30)(H,29,32)/t18-/m1/s1. The molecule has 0 radical (unpaired) electrons. The topological polar surface area (TPSA) is 110 Å². The third kappa shape index (κ3) is 7.72. The van der Waals surface area contributed by atoms with Gasteiger partial charge in [-0.05, 0) is 37.1 Å². The molecule has 198 valence electrons. The summed E-state index contributed by atoms with van der Waals surface area (Å²) in [6.45, 7) is 9.28. The van der Waals surface area contributed by atoms with Gasteiger partial charge >= 0.3 is 6.09 Å². The number of carbonyl (C=O) groups excluding carboxylic acids is 2. The van der Waals surface area contributed by atoms with Crippen LogP contribution in [0.25, 0.3) is 0 Å². The minimum absolute atomic E-state index is 0.0597. The Hall–Kier alpha value is -3.05. The first kappa shape index (κ1) is 27.0. The van der Waals surface area contributed by atoms with Gasteiger partial charge in [0, 0.05) is 36.7 Å². The third-order valence-corrected chi connectivity index (χ3v) is 7.89. The first-order chi connectivity index (χ1) is 17.7. The van der Waals surface area contributed by atoms with E-state index in [4.69, 9.17) is 9.15 Å². The first-order valence-electron chi connectivity index (χ1n) is 12.4. The lowest BCUT2D eigenvalue weighted by Crippen LogP contribution is -2.46. The van der Waals surface area contributed by atoms with Crippen LogP contribution in [0, 0.1) is 0 Å². The van der Waals surface area contributed by atoms with Crippen molar-refractivity contribution in [3.63, 3.8) is 0 Å². The highest BCUT2D eigenvalue weighted by Crippen LogP contribution is 2.32. The number of hydrogen-bond acceptors (Lipinski definition) is 9. The van der Waals surface area contributed by atoms with Crippen LogP contribution in [0.5, 0.6) is 5.75 Å². The Labute approximate surface area is 225 Å². The molecule has 9 nitrogen and oxygen atoms in total. The molecule has 3 heterocycles. The number of nitrogens with one attached hydrogen (secondary N) is 2. The van der Waals surface area contributed by atoms with Crippen molar-refractivity contribution in [1.29, 1.82) is 0 Å². The fourth-order valence-corrected chi connectivity index (χ4v) is 5.51. The number of likely N-dealkylation sites (tertiary alicyclic amines) is 1. The van der Waals surface area contributed by atoms with Gasteiger partial charge in [0.2, 0.25) is 11.8 Å². The molecule has 1 saturated heterocycles. The molecule has 1 fully saturated rings. The Morgan fingerprint density at radius 2 is 2.00 bits per heavy atom. The van der Waals surface area contributed by atoms with Crippen molar-refractivity contribution in [3.05, 3.63) is 48.3 Å². The van der Waals surface area contributed by atoms with Gasteiger partial charge in [0.05, 0.1) is 22.4 Å². The molecule has 0 aliphatic carbocycles. The number of thiazole rings is 1.